The molecule has 0 radical (unpaired) electrons. The van der Waals surface area contributed by atoms with Gasteiger partial charge in [0.1, 0.15) is 0 Å². The third-order valence-electron chi connectivity index (χ3n) is 4.73. The molecule has 0 bridgehead atoms. The number of hydrogen-bond acceptors (Lipinski definition) is 1. The highest BCUT2D eigenvalue weighted by Crippen LogP contribution is 2.42. The van der Waals surface area contributed by atoms with Crippen molar-refractivity contribution in [2.45, 2.75) is 44.9 Å². The van der Waals surface area contributed by atoms with E-state index >= 15 is 0 Å². The van der Waals surface area contributed by atoms with Crippen molar-refractivity contribution in [3.63, 3.8) is 0 Å². The van der Waals surface area contributed by atoms with E-state index < -0.39 is 11.4 Å². The predicted molar refractivity (Wildman–Crippen MR) is 75.6 cm³/mol. The first-order valence-corrected chi connectivity index (χ1v) is 6.87. The second-order valence-corrected chi connectivity index (χ2v) is 5.73. The van der Waals surface area contributed by atoms with E-state index in [0.29, 0.717) is 0 Å². The number of aromatic amines is 1. The molecule has 0 atom stereocenters. The minimum atomic E-state index is -0.677. The molecule has 0 aliphatic heterocycles. The number of aromatic nitrogens is 1. The number of carbonyl (C=O) groups is 1. The van der Waals surface area contributed by atoms with Crippen LogP contribution in [0.4, 0.5) is 0 Å². The summed E-state index contributed by atoms with van der Waals surface area (Å²) < 4.78 is 0. The molecule has 1 aliphatic rings. The van der Waals surface area contributed by atoms with Gasteiger partial charge in [0.25, 0.3) is 0 Å². The van der Waals surface area contributed by atoms with Crippen molar-refractivity contribution in [3.05, 3.63) is 35.0 Å². The minimum Gasteiger partial charge on any atom is -0.481 e. The highest BCUT2D eigenvalue weighted by atomic mass is 16.4. The van der Waals surface area contributed by atoms with Crippen LogP contribution in [-0.2, 0) is 10.2 Å². The summed E-state index contributed by atoms with van der Waals surface area (Å²) in [6.07, 6.45) is 3.53. The molecule has 1 aromatic heterocycles. The van der Waals surface area contributed by atoms with E-state index in [1.165, 1.54) is 10.9 Å². The highest BCUT2D eigenvalue weighted by Gasteiger charge is 2.42. The summed E-state index contributed by atoms with van der Waals surface area (Å²) in [7, 11) is 0. The number of hydrogen-bond donors (Lipinski definition) is 2. The highest BCUT2D eigenvalue weighted by molar-refractivity contribution is 5.88. The summed E-state index contributed by atoms with van der Waals surface area (Å²) >= 11 is 0. The molecule has 0 amide bonds. The standard InChI is InChI=1S/C16H19NO2/c1-10-11(2)17-14-9-12(5-6-13(10)14)16(15(18)19)7-3-4-8-16/h5-6,9,17H,3-4,7-8H2,1-2H3,(H,18,19). The molecule has 0 spiro atoms. The Balaban J connectivity index is 2.17. The van der Waals surface area contributed by atoms with Crippen molar-refractivity contribution in [2.75, 3.05) is 0 Å². The largest absolute Gasteiger partial charge is 0.481 e. The fraction of sp³-hybridized carbons (Fsp3) is 0.438. The second-order valence-electron chi connectivity index (χ2n) is 5.73. The Morgan fingerprint density at radius 1 is 1.26 bits per heavy atom. The first kappa shape index (κ1) is 12.3. The number of nitrogens with one attached hydrogen (secondary N) is 1. The third kappa shape index (κ3) is 1.68. The maximum atomic E-state index is 11.7. The molecule has 1 aromatic carbocycles. The van der Waals surface area contributed by atoms with Crippen LogP contribution in [0.25, 0.3) is 10.9 Å². The summed E-state index contributed by atoms with van der Waals surface area (Å²) in [4.78, 5) is 15.1. The van der Waals surface area contributed by atoms with Gasteiger partial charge < -0.3 is 10.1 Å². The molecule has 2 N–H and O–H groups in total. The van der Waals surface area contributed by atoms with E-state index in [1.54, 1.807) is 0 Å². The molecule has 1 heterocycles. The Bertz CT molecular complexity index is 648. The van der Waals surface area contributed by atoms with Gasteiger partial charge in [0, 0.05) is 16.6 Å². The lowest BCUT2D eigenvalue weighted by Crippen LogP contribution is -2.32. The Labute approximate surface area is 112 Å². The summed E-state index contributed by atoms with van der Waals surface area (Å²) in [5.74, 6) is -0.677. The number of aryl methyl sites for hydroxylation is 2. The lowest BCUT2D eigenvalue weighted by atomic mass is 9.78. The van der Waals surface area contributed by atoms with Crippen molar-refractivity contribution in [3.8, 4) is 0 Å². The van der Waals surface area contributed by atoms with Gasteiger partial charge in [-0.2, -0.15) is 0 Å². The summed E-state index contributed by atoms with van der Waals surface area (Å²) in [5, 5.41) is 10.8. The van der Waals surface area contributed by atoms with Gasteiger partial charge in [0.05, 0.1) is 5.41 Å². The molecule has 3 nitrogen and oxygen atoms in total. The topological polar surface area (TPSA) is 53.1 Å². The molecule has 1 saturated carbocycles. The zero-order chi connectivity index (χ0) is 13.6. The number of carboxylic acid groups (broad SMARTS) is 1. The fourth-order valence-electron chi connectivity index (χ4n) is 3.37. The first-order valence-electron chi connectivity index (χ1n) is 6.87. The second kappa shape index (κ2) is 4.12. The summed E-state index contributed by atoms with van der Waals surface area (Å²) in [6.45, 7) is 4.15. The number of fused-ring (bicyclic) bond motifs is 1. The van der Waals surface area contributed by atoms with Crippen LogP contribution in [0.1, 0.15) is 42.5 Å². The number of rotatable bonds is 2. The van der Waals surface area contributed by atoms with Crippen LogP contribution in [0.2, 0.25) is 0 Å². The van der Waals surface area contributed by atoms with Crippen LogP contribution in [0, 0.1) is 13.8 Å². The molecule has 100 valence electrons. The lowest BCUT2D eigenvalue weighted by Gasteiger charge is -2.24. The van der Waals surface area contributed by atoms with E-state index in [1.807, 2.05) is 12.1 Å². The van der Waals surface area contributed by atoms with Gasteiger partial charge in [0.15, 0.2) is 0 Å². The average Bonchev–Trinajstić information content (AvgIpc) is 2.97. The SMILES string of the molecule is Cc1[nH]c2cc(C3(C(=O)O)CCCC3)ccc2c1C. The van der Waals surface area contributed by atoms with Crippen LogP contribution in [0.5, 0.6) is 0 Å². The van der Waals surface area contributed by atoms with Crippen molar-refractivity contribution >= 4 is 16.9 Å². The van der Waals surface area contributed by atoms with E-state index in [-0.39, 0.29) is 0 Å². The molecule has 1 fully saturated rings. The molecule has 2 aromatic rings. The zero-order valence-electron chi connectivity index (χ0n) is 11.4. The Hall–Kier alpha value is -1.77. The monoisotopic (exact) mass is 257 g/mol. The van der Waals surface area contributed by atoms with Crippen LogP contribution < -0.4 is 0 Å². The van der Waals surface area contributed by atoms with Crippen LogP contribution in [-0.4, -0.2) is 16.1 Å². The number of H-pyrrole nitrogens is 1. The zero-order valence-corrected chi connectivity index (χ0v) is 11.4. The summed E-state index contributed by atoms with van der Waals surface area (Å²) in [5.41, 5.74) is 3.74. The molecule has 0 unspecified atom stereocenters. The molecule has 19 heavy (non-hydrogen) atoms. The predicted octanol–water partition coefficient (Wildman–Crippen LogP) is 3.68. The fourth-order valence-corrected chi connectivity index (χ4v) is 3.37. The van der Waals surface area contributed by atoms with Gasteiger partial charge in [-0.25, -0.2) is 0 Å². The van der Waals surface area contributed by atoms with Crippen molar-refractivity contribution < 1.29 is 9.90 Å². The van der Waals surface area contributed by atoms with Crippen molar-refractivity contribution in [2.24, 2.45) is 0 Å². The van der Waals surface area contributed by atoms with Gasteiger partial charge in [-0.15, -0.1) is 0 Å². The van der Waals surface area contributed by atoms with Gasteiger partial charge in [-0.3, -0.25) is 4.79 Å². The van der Waals surface area contributed by atoms with E-state index in [9.17, 15) is 9.90 Å². The average molecular weight is 257 g/mol. The number of carboxylic acids is 1. The van der Waals surface area contributed by atoms with Gasteiger partial charge in [-0.1, -0.05) is 25.0 Å². The molecule has 3 heteroatoms. The molecule has 0 saturated heterocycles. The minimum absolute atomic E-state index is 0.666. The van der Waals surface area contributed by atoms with Crippen LogP contribution >= 0.6 is 0 Å². The quantitative estimate of drug-likeness (QED) is 0.862. The third-order valence-corrected chi connectivity index (χ3v) is 4.73. The van der Waals surface area contributed by atoms with Gasteiger partial charge in [0.2, 0.25) is 0 Å². The number of aliphatic carboxylic acids is 1. The van der Waals surface area contributed by atoms with Gasteiger partial charge in [-0.05, 0) is 43.9 Å². The number of benzene rings is 1. The Kier molecular flexibility index (Phi) is 2.66. The lowest BCUT2D eigenvalue weighted by molar-refractivity contribution is -0.143. The Morgan fingerprint density at radius 3 is 2.58 bits per heavy atom. The van der Waals surface area contributed by atoms with E-state index in [0.717, 1.165) is 42.5 Å². The molecule has 1 aliphatic carbocycles. The maximum Gasteiger partial charge on any atom is 0.314 e. The van der Waals surface area contributed by atoms with E-state index in [4.69, 9.17) is 0 Å². The Morgan fingerprint density at radius 2 is 1.95 bits per heavy atom. The summed E-state index contributed by atoms with van der Waals surface area (Å²) in [6, 6.07) is 6.10. The van der Waals surface area contributed by atoms with Crippen molar-refractivity contribution in [1.82, 2.24) is 4.98 Å². The van der Waals surface area contributed by atoms with E-state index in [2.05, 4.69) is 24.9 Å². The smallest absolute Gasteiger partial charge is 0.314 e. The van der Waals surface area contributed by atoms with Crippen molar-refractivity contribution in [1.29, 1.82) is 0 Å². The normalized spacial score (nSPS) is 18.0. The maximum absolute atomic E-state index is 11.7. The first-order chi connectivity index (χ1) is 9.04. The van der Waals surface area contributed by atoms with Crippen LogP contribution in [0.15, 0.2) is 18.2 Å². The molecule has 3 rings (SSSR count). The van der Waals surface area contributed by atoms with Gasteiger partial charge >= 0.3 is 5.97 Å². The molecular weight excluding hydrogens is 238 g/mol. The molecular formula is C16H19NO2. The van der Waals surface area contributed by atoms with Crippen LogP contribution in [0.3, 0.4) is 0 Å².